The summed E-state index contributed by atoms with van der Waals surface area (Å²) in [6.07, 6.45) is 0.601. The molecule has 0 radical (unpaired) electrons. The molecule has 26 heavy (non-hydrogen) atoms. The number of urea groups is 1. The van der Waals surface area contributed by atoms with Crippen molar-refractivity contribution >= 4 is 17.8 Å². The molecule has 0 saturated carbocycles. The van der Waals surface area contributed by atoms with E-state index >= 15 is 0 Å². The standard InChI is InChI=1S/C19H24N4O3/c1-13-8-16(18(24)25)12-22(10-13)19(26)20-17-9-14(2)21-23(17)11-15-6-4-3-5-7-15/h3-7,9,13,16H,8,10-12H2,1-2H3,(H,20,26)(H,24,25). The van der Waals surface area contributed by atoms with Crippen LogP contribution in [0, 0.1) is 18.8 Å². The van der Waals surface area contributed by atoms with Crippen LogP contribution in [0.15, 0.2) is 36.4 Å². The van der Waals surface area contributed by atoms with Gasteiger partial charge in [0.2, 0.25) is 0 Å². The number of amides is 2. The molecule has 7 nitrogen and oxygen atoms in total. The number of nitrogens with zero attached hydrogens (tertiary/aromatic N) is 3. The molecule has 3 rings (SSSR count). The van der Waals surface area contributed by atoms with Crippen LogP contribution < -0.4 is 5.32 Å². The van der Waals surface area contributed by atoms with Crippen molar-refractivity contribution in [1.82, 2.24) is 14.7 Å². The van der Waals surface area contributed by atoms with Crippen molar-refractivity contribution in [3.63, 3.8) is 0 Å². The van der Waals surface area contributed by atoms with Crippen molar-refractivity contribution in [1.29, 1.82) is 0 Å². The number of hydrogen-bond donors (Lipinski definition) is 2. The quantitative estimate of drug-likeness (QED) is 0.882. The van der Waals surface area contributed by atoms with Crippen molar-refractivity contribution < 1.29 is 14.7 Å². The number of aliphatic carboxylic acids is 1. The van der Waals surface area contributed by atoms with Crippen LogP contribution >= 0.6 is 0 Å². The summed E-state index contributed by atoms with van der Waals surface area (Å²) in [5.74, 6) is -0.590. The van der Waals surface area contributed by atoms with Crippen LogP contribution in [0.5, 0.6) is 0 Å². The summed E-state index contributed by atoms with van der Waals surface area (Å²) in [6, 6.07) is 11.4. The van der Waals surface area contributed by atoms with Crippen molar-refractivity contribution in [2.75, 3.05) is 18.4 Å². The Morgan fingerprint density at radius 2 is 2.00 bits per heavy atom. The molecular weight excluding hydrogens is 332 g/mol. The SMILES string of the molecule is Cc1cc(NC(=O)N2CC(C)CC(C(=O)O)C2)n(Cc2ccccc2)n1. The van der Waals surface area contributed by atoms with Crippen molar-refractivity contribution in [3.05, 3.63) is 47.7 Å². The molecule has 2 atom stereocenters. The minimum atomic E-state index is -0.848. The van der Waals surface area contributed by atoms with Gasteiger partial charge in [0, 0.05) is 19.2 Å². The fourth-order valence-electron chi connectivity index (χ4n) is 3.41. The van der Waals surface area contributed by atoms with E-state index in [0.29, 0.717) is 25.3 Å². The van der Waals surface area contributed by atoms with E-state index in [1.54, 1.807) is 9.58 Å². The first-order valence-corrected chi connectivity index (χ1v) is 8.79. The highest BCUT2D eigenvalue weighted by atomic mass is 16.4. The van der Waals surface area contributed by atoms with Gasteiger partial charge in [-0.2, -0.15) is 5.10 Å². The maximum Gasteiger partial charge on any atom is 0.323 e. The third-order valence-corrected chi connectivity index (χ3v) is 4.61. The van der Waals surface area contributed by atoms with Gasteiger partial charge in [0.1, 0.15) is 5.82 Å². The second kappa shape index (κ2) is 7.59. The zero-order valence-corrected chi connectivity index (χ0v) is 15.1. The molecule has 1 fully saturated rings. The molecule has 138 valence electrons. The number of anilines is 1. The third-order valence-electron chi connectivity index (χ3n) is 4.61. The summed E-state index contributed by atoms with van der Waals surface area (Å²) in [7, 11) is 0. The van der Waals surface area contributed by atoms with E-state index in [4.69, 9.17) is 0 Å². The summed E-state index contributed by atoms with van der Waals surface area (Å²) in [6.45, 7) is 5.19. The number of hydrogen-bond acceptors (Lipinski definition) is 3. The Bertz CT molecular complexity index is 787. The number of aromatic nitrogens is 2. The smallest absolute Gasteiger partial charge is 0.323 e. The minimum absolute atomic E-state index is 0.159. The van der Waals surface area contributed by atoms with Crippen molar-refractivity contribution in [2.24, 2.45) is 11.8 Å². The number of rotatable bonds is 4. The van der Waals surface area contributed by atoms with Gasteiger partial charge in [-0.3, -0.25) is 10.1 Å². The molecule has 1 aromatic carbocycles. The molecule has 1 aliphatic heterocycles. The largest absolute Gasteiger partial charge is 0.481 e. The molecule has 1 aromatic heterocycles. The second-order valence-corrected chi connectivity index (χ2v) is 7.03. The Morgan fingerprint density at radius 3 is 2.69 bits per heavy atom. The Labute approximate surface area is 152 Å². The van der Waals surface area contributed by atoms with Gasteiger partial charge >= 0.3 is 12.0 Å². The summed E-state index contributed by atoms with van der Waals surface area (Å²) in [5.41, 5.74) is 1.90. The summed E-state index contributed by atoms with van der Waals surface area (Å²) >= 11 is 0. The van der Waals surface area contributed by atoms with Gasteiger partial charge in [0.15, 0.2) is 0 Å². The number of likely N-dealkylation sites (tertiary alicyclic amines) is 1. The lowest BCUT2D eigenvalue weighted by Gasteiger charge is -2.34. The number of piperidine rings is 1. The molecule has 2 unspecified atom stereocenters. The lowest BCUT2D eigenvalue weighted by molar-refractivity contribution is -0.143. The zero-order chi connectivity index (χ0) is 18.7. The highest BCUT2D eigenvalue weighted by Gasteiger charge is 2.32. The van der Waals surface area contributed by atoms with Crippen LogP contribution in [0.25, 0.3) is 0 Å². The molecule has 2 amide bonds. The Hall–Kier alpha value is -2.83. The summed E-state index contributed by atoms with van der Waals surface area (Å²) in [4.78, 5) is 25.6. The van der Waals surface area contributed by atoms with E-state index in [-0.39, 0.29) is 18.5 Å². The molecule has 7 heteroatoms. The maximum absolute atomic E-state index is 12.7. The Balaban J connectivity index is 1.72. The topological polar surface area (TPSA) is 87.5 Å². The summed E-state index contributed by atoms with van der Waals surface area (Å²) < 4.78 is 1.75. The van der Waals surface area contributed by atoms with E-state index in [9.17, 15) is 14.7 Å². The molecule has 2 aromatic rings. The highest BCUT2D eigenvalue weighted by Crippen LogP contribution is 2.23. The first-order valence-electron chi connectivity index (χ1n) is 8.79. The predicted octanol–water partition coefficient (Wildman–Crippen LogP) is 2.81. The number of carbonyl (C=O) groups excluding carboxylic acids is 1. The van der Waals surface area contributed by atoms with Gasteiger partial charge in [-0.15, -0.1) is 0 Å². The fraction of sp³-hybridized carbons (Fsp3) is 0.421. The molecule has 2 heterocycles. The monoisotopic (exact) mass is 356 g/mol. The van der Waals surface area contributed by atoms with Gasteiger partial charge in [-0.05, 0) is 24.8 Å². The molecule has 1 saturated heterocycles. The lowest BCUT2D eigenvalue weighted by Crippen LogP contribution is -2.47. The Kier molecular flexibility index (Phi) is 5.25. The number of carboxylic acids is 1. The molecule has 2 N–H and O–H groups in total. The molecule has 0 spiro atoms. The van der Waals surface area contributed by atoms with Crippen molar-refractivity contribution in [3.8, 4) is 0 Å². The molecule has 0 aliphatic carbocycles. The van der Waals surface area contributed by atoms with Crippen LogP contribution in [0.4, 0.5) is 10.6 Å². The average Bonchev–Trinajstić information content (AvgIpc) is 2.94. The van der Waals surface area contributed by atoms with E-state index in [0.717, 1.165) is 11.3 Å². The van der Waals surface area contributed by atoms with Gasteiger partial charge in [0.25, 0.3) is 0 Å². The molecule has 0 bridgehead atoms. The summed E-state index contributed by atoms with van der Waals surface area (Å²) in [5, 5.41) is 16.6. The van der Waals surface area contributed by atoms with Crippen LogP contribution in [-0.4, -0.2) is 44.9 Å². The van der Waals surface area contributed by atoms with Crippen LogP contribution in [0.2, 0.25) is 0 Å². The molecule has 1 aliphatic rings. The predicted molar refractivity (Wildman–Crippen MR) is 98.0 cm³/mol. The lowest BCUT2D eigenvalue weighted by atomic mass is 9.91. The Morgan fingerprint density at radius 1 is 1.27 bits per heavy atom. The van der Waals surface area contributed by atoms with Gasteiger partial charge in [-0.25, -0.2) is 9.48 Å². The first kappa shape index (κ1) is 18.0. The second-order valence-electron chi connectivity index (χ2n) is 7.03. The van der Waals surface area contributed by atoms with Gasteiger partial charge in [-0.1, -0.05) is 37.3 Å². The van der Waals surface area contributed by atoms with Crippen LogP contribution in [0.3, 0.4) is 0 Å². The van der Waals surface area contributed by atoms with E-state index in [1.165, 1.54) is 0 Å². The van der Waals surface area contributed by atoms with Crippen molar-refractivity contribution in [2.45, 2.75) is 26.8 Å². The minimum Gasteiger partial charge on any atom is -0.481 e. The van der Waals surface area contributed by atoms with Gasteiger partial charge in [0.05, 0.1) is 18.2 Å². The highest BCUT2D eigenvalue weighted by molar-refractivity contribution is 5.89. The maximum atomic E-state index is 12.7. The first-order chi connectivity index (χ1) is 12.4. The number of nitrogens with one attached hydrogen (secondary N) is 1. The number of aryl methyl sites for hydroxylation is 1. The average molecular weight is 356 g/mol. The molecular formula is C19H24N4O3. The van der Waals surface area contributed by atoms with Gasteiger partial charge < -0.3 is 10.0 Å². The number of benzene rings is 1. The zero-order valence-electron chi connectivity index (χ0n) is 15.1. The van der Waals surface area contributed by atoms with Crippen LogP contribution in [0.1, 0.15) is 24.6 Å². The van der Waals surface area contributed by atoms with E-state index < -0.39 is 11.9 Å². The third kappa shape index (κ3) is 4.22. The van der Waals surface area contributed by atoms with E-state index in [1.807, 2.05) is 50.2 Å². The fourth-order valence-corrected chi connectivity index (χ4v) is 3.41. The normalized spacial score (nSPS) is 20.0. The number of carbonyl (C=O) groups is 2. The van der Waals surface area contributed by atoms with Crippen LogP contribution in [-0.2, 0) is 11.3 Å². The van der Waals surface area contributed by atoms with E-state index in [2.05, 4.69) is 10.4 Å². The number of carboxylic acid groups (broad SMARTS) is 1.